The van der Waals surface area contributed by atoms with Crippen LogP contribution in [-0.2, 0) is 13.2 Å². The number of hydrogen-bond acceptors (Lipinski definition) is 4. The Kier molecular flexibility index (Phi) is 10.1. The van der Waals surface area contributed by atoms with Crippen LogP contribution in [0.1, 0.15) is 57.9 Å². The lowest BCUT2D eigenvalue weighted by molar-refractivity contribution is 0.275. The number of hydrogen-bond donors (Lipinski definition) is 0. The largest absolute Gasteiger partial charge is 0.489 e. The normalized spacial score (nSPS) is 10.9. The van der Waals surface area contributed by atoms with E-state index in [1.165, 1.54) is 6.42 Å². The third-order valence-electron chi connectivity index (χ3n) is 5.72. The van der Waals surface area contributed by atoms with Gasteiger partial charge in [0, 0.05) is 18.0 Å². The summed E-state index contributed by atoms with van der Waals surface area (Å²) < 4.78 is 19.9. The van der Waals surface area contributed by atoms with Crippen molar-refractivity contribution in [1.29, 1.82) is 0 Å². The third-order valence-corrected chi connectivity index (χ3v) is 5.72. The lowest BCUT2D eigenvalue weighted by atomic mass is 10.1. The maximum atomic E-state index is 13.5. The molecule has 3 rings (SSSR count). The summed E-state index contributed by atoms with van der Waals surface area (Å²) in [5, 5.41) is 0.859. The second-order valence-corrected chi connectivity index (χ2v) is 8.43. The van der Waals surface area contributed by atoms with Crippen LogP contribution in [0.3, 0.4) is 0 Å². The van der Waals surface area contributed by atoms with Gasteiger partial charge in [-0.15, -0.1) is 0 Å². The minimum Gasteiger partial charge on any atom is -0.489 e. The van der Waals surface area contributed by atoms with Crippen molar-refractivity contribution >= 4 is 10.9 Å². The van der Waals surface area contributed by atoms with Crippen LogP contribution in [0.15, 0.2) is 66.0 Å². The van der Waals surface area contributed by atoms with Crippen LogP contribution in [-0.4, -0.2) is 17.8 Å². The highest BCUT2D eigenvalue weighted by atomic mass is 16.5. The van der Waals surface area contributed by atoms with E-state index in [-0.39, 0.29) is 17.9 Å². The summed E-state index contributed by atoms with van der Waals surface area (Å²) in [6.07, 6.45) is 7.89. The minimum absolute atomic E-state index is 0.174. The summed E-state index contributed by atoms with van der Waals surface area (Å²) in [7, 11) is 0. The number of nitrogens with zero attached hydrogens (tertiary/aromatic N) is 1. The molecule has 0 N–H and O–H groups in total. The highest BCUT2D eigenvalue weighted by Crippen LogP contribution is 2.35. The number of fused-ring (bicyclic) bond motifs is 1. The van der Waals surface area contributed by atoms with E-state index in [2.05, 4.69) is 20.4 Å². The van der Waals surface area contributed by atoms with E-state index in [0.29, 0.717) is 25.5 Å². The molecule has 1 aromatic heterocycles. The van der Waals surface area contributed by atoms with Gasteiger partial charge in [-0.3, -0.25) is 4.79 Å². The van der Waals surface area contributed by atoms with Gasteiger partial charge in [-0.25, -0.2) is 0 Å². The van der Waals surface area contributed by atoms with Gasteiger partial charge in [-0.1, -0.05) is 82.5 Å². The molecule has 0 fully saturated rings. The molecular formula is C29H37NO4. The first-order valence-corrected chi connectivity index (χ1v) is 12.4. The minimum atomic E-state index is -0.174. The van der Waals surface area contributed by atoms with Crippen LogP contribution < -0.4 is 19.8 Å². The Morgan fingerprint density at radius 3 is 2.41 bits per heavy atom. The predicted molar refractivity (Wildman–Crippen MR) is 139 cm³/mol. The fourth-order valence-electron chi connectivity index (χ4n) is 3.86. The van der Waals surface area contributed by atoms with Crippen molar-refractivity contribution in [3.05, 3.63) is 77.1 Å². The van der Waals surface area contributed by atoms with Crippen LogP contribution in [0.25, 0.3) is 10.9 Å². The average molecular weight is 464 g/mol. The fraction of sp³-hybridized carbons (Fsp3) is 0.414. The molecule has 34 heavy (non-hydrogen) atoms. The van der Waals surface area contributed by atoms with Crippen LogP contribution in [0, 0.1) is 0 Å². The quantitative estimate of drug-likeness (QED) is 0.182. The SMILES string of the molecule is C=CCOc1c(OCCCCCC)c2ccc(OCc3ccccc3)cc2n(CCCC)c1=O. The third kappa shape index (κ3) is 6.66. The van der Waals surface area contributed by atoms with Crippen molar-refractivity contribution in [3.8, 4) is 17.2 Å². The smallest absolute Gasteiger partial charge is 0.297 e. The standard InChI is InChI=1S/C29H37NO4/c1-4-7-9-13-20-33-27-25-17-16-24(34-22-23-14-11-10-12-15-23)21-26(25)30(18-8-5-2)29(31)28(27)32-19-6-3/h6,10-12,14-17,21H,3-5,7-9,13,18-20,22H2,1-2H3. The van der Waals surface area contributed by atoms with Crippen molar-refractivity contribution in [3.63, 3.8) is 0 Å². The maximum absolute atomic E-state index is 13.5. The number of pyridine rings is 1. The Morgan fingerprint density at radius 1 is 0.882 bits per heavy atom. The summed E-state index contributed by atoms with van der Waals surface area (Å²) in [5.74, 6) is 1.49. The molecule has 182 valence electrons. The van der Waals surface area contributed by atoms with Crippen LogP contribution in [0.4, 0.5) is 0 Å². The molecular weight excluding hydrogens is 426 g/mol. The van der Waals surface area contributed by atoms with E-state index >= 15 is 0 Å². The molecule has 0 aliphatic heterocycles. The molecule has 0 radical (unpaired) electrons. The Balaban J connectivity index is 2.01. The number of unbranched alkanes of at least 4 members (excludes halogenated alkanes) is 4. The Labute approximate surface area is 203 Å². The summed E-state index contributed by atoms with van der Waals surface area (Å²) in [4.78, 5) is 13.5. The van der Waals surface area contributed by atoms with Gasteiger partial charge in [0.25, 0.3) is 5.56 Å². The van der Waals surface area contributed by atoms with Crippen molar-refractivity contribution in [1.82, 2.24) is 4.57 Å². The lowest BCUT2D eigenvalue weighted by Crippen LogP contribution is -2.24. The lowest BCUT2D eigenvalue weighted by Gasteiger charge is -2.19. The van der Waals surface area contributed by atoms with Gasteiger partial charge in [0.15, 0.2) is 5.75 Å². The van der Waals surface area contributed by atoms with E-state index in [9.17, 15) is 4.79 Å². The zero-order valence-electron chi connectivity index (χ0n) is 20.6. The molecule has 0 saturated carbocycles. The molecule has 0 aliphatic carbocycles. The van der Waals surface area contributed by atoms with Crippen molar-refractivity contribution in [2.45, 2.75) is 65.5 Å². The molecule has 1 heterocycles. The van der Waals surface area contributed by atoms with Crippen molar-refractivity contribution in [2.24, 2.45) is 0 Å². The van der Waals surface area contributed by atoms with Crippen molar-refractivity contribution in [2.75, 3.05) is 13.2 Å². The van der Waals surface area contributed by atoms with Gasteiger partial charge >= 0.3 is 0 Å². The molecule has 0 spiro atoms. The van der Waals surface area contributed by atoms with Gasteiger partial charge in [-0.05, 0) is 30.5 Å². The summed E-state index contributed by atoms with van der Waals surface area (Å²) in [5.41, 5.74) is 1.72. The first-order chi connectivity index (χ1) is 16.7. The number of ether oxygens (including phenoxy) is 3. The van der Waals surface area contributed by atoms with E-state index in [1.807, 2.05) is 48.5 Å². The van der Waals surface area contributed by atoms with Gasteiger partial charge < -0.3 is 18.8 Å². The first-order valence-electron chi connectivity index (χ1n) is 12.4. The number of benzene rings is 2. The average Bonchev–Trinajstić information content (AvgIpc) is 2.87. The van der Waals surface area contributed by atoms with E-state index in [4.69, 9.17) is 14.2 Å². The van der Waals surface area contributed by atoms with E-state index in [1.54, 1.807) is 10.6 Å². The molecule has 3 aromatic rings. The predicted octanol–water partition coefficient (Wildman–Crippen LogP) is 6.90. The van der Waals surface area contributed by atoms with Gasteiger partial charge in [-0.2, -0.15) is 0 Å². The molecule has 5 heteroatoms. The molecule has 5 nitrogen and oxygen atoms in total. The Morgan fingerprint density at radius 2 is 1.68 bits per heavy atom. The second-order valence-electron chi connectivity index (χ2n) is 8.43. The molecule has 0 aliphatic rings. The molecule has 0 amide bonds. The van der Waals surface area contributed by atoms with Gasteiger partial charge in [0.1, 0.15) is 19.0 Å². The number of aryl methyl sites for hydroxylation is 1. The van der Waals surface area contributed by atoms with Gasteiger partial charge in [0.05, 0.1) is 12.1 Å². The molecule has 0 atom stereocenters. The Hall–Kier alpha value is -3.21. The second kappa shape index (κ2) is 13.5. The van der Waals surface area contributed by atoms with Crippen LogP contribution in [0.5, 0.6) is 17.2 Å². The zero-order valence-corrected chi connectivity index (χ0v) is 20.6. The topological polar surface area (TPSA) is 49.7 Å². The first kappa shape index (κ1) is 25.4. The number of aromatic nitrogens is 1. The zero-order chi connectivity index (χ0) is 24.2. The summed E-state index contributed by atoms with van der Waals surface area (Å²) >= 11 is 0. The maximum Gasteiger partial charge on any atom is 0.297 e. The van der Waals surface area contributed by atoms with Gasteiger partial charge in [0.2, 0.25) is 5.75 Å². The highest BCUT2D eigenvalue weighted by Gasteiger charge is 2.20. The Bertz CT molecular complexity index is 1100. The highest BCUT2D eigenvalue weighted by molar-refractivity contribution is 5.89. The van der Waals surface area contributed by atoms with Crippen LogP contribution in [0.2, 0.25) is 0 Å². The van der Waals surface area contributed by atoms with E-state index < -0.39 is 0 Å². The number of rotatable bonds is 15. The molecule has 2 aromatic carbocycles. The molecule has 0 unspecified atom stereocenters. The molecule has 0 bridgehead atoms. The van der Waals surface area contributed by atoms with Crippen LogP contribution >= 0.6 is 0 Å². The summed E-state index contributed by atoms with van der Waals surface area (Å²) in [6.45, 7) is 9.90. The fourth-order valence-corrected chi connectivity index (χ4v) is 3.86. The monoisotopic (exact) mass is 463 g/mol. The molecule has 0 saturated heterocycles. The van der Waals surface area contributed by atoms with E-state index in [0.717, 1.165) is 54.3 Å². The van der Waals surface area contributed by atoms with Crippen molar-refractivity contribution < 1.29 is 14.2 Å². The summed E-state index contributed by atoms with van der Waals surface area (Å²) in [6, 6.07) is 15.9.